The van der Waals surface area contributed by atoms with Crippen LogP contribution in [0.15, 0.2) is 17.5 Å². The topological polar surface area (TPSA) is 37.3 Å². The van der Waals surface area contributed by atoms with Gasteiger partial charge in [-0.1, -0.05) is 6.08 Å². The van der Waals surface area contributed by atoms with Gasteiger partial charge < -0.3 is 5.11 Å². The molecule has 0 fully saturated rings. The second-order valence-corrected chi connectivity index (χ2v) is 3.81. The van der Waals surface area contributed by atoms with E-state index in [2.05, 4.69) is 12.6 Å². The Morgan fingerprint density at radius 3 is 3.08 bits per heavy atom. The van der Waals surface area contributed by atoms with Crippen LogP contribution in [0.4, 0.5) is 0 Å². The van der Waals surface area contributed by atoms with Crippen LogP contribution in [0.3, 0.4) is 0 Å². The summed E-state index contributed by atoms with van der Waals surface area (Å²) in [6, 6.07) is 1.62. The summed E-state index contributed by atoms with van der Waals surface area (Å²) < 4.78 is 0. The summed E-state index contributed by atoms with van der Waals surface area (Å²) in [6.07, 6.45) is 4.63. The number of thiophene rings is 1. The monoisotopic (exact) mass is 214 g/mol. The smallest absolute Gasteiger partial charge is 0.337 e. The third-order valence-electron chi connectivity index (χ3n) is 1.49. The van der Waals surface area contributed by atoms with E-state index in [9.17, 15) is 4.79 Å². The summed E-state index contributed by atoms with van der Waals surface area (Å²) in [5.41, 5.74) is 0.375. The van der Waals surface area contributed by atoms with E-state index >= 15 is 0 Å². The van der Waals surface area contributed by atoms with Crippen molar-refractivity contribution in [3.63, 3.8) is 0 Å². The highest BCUT2D eigenvalue weighted by atomic mass is 32.1. The molecule has 0 aliphatic carbocycles. The molecule has 1 aromatic heterocycles. The molecule has 1 aromatic rings. The summed E-state index contributed by atoms with van der Waals surface area (Å²) in [6.45, 7) is 0. The molecule has 13 heavy (non-hydrogen) atoms. The Balaban J connectivity index is 2.76. The highest BCUT2D eigenvalue weighted by Crippen LogP contribution is 2.18. The summed E-state index contributed by atoms with van der Waals surface area (Å²) >= 11 is 5.49. The number of carboxylic acids is 1. The molecule has 2 nitrogen and oxygen atoms in total. The molecule has 1 heterocycles. The Morgan fingerprint density at radius 1 is 1.69 bits per heavy atom. The minimum Gasteiger partial charge on any atom is -0.478 e. The van der Waals surface area contributed by atoms with Crippen LogP contribution in [0.25, 0.3) is 6.08 Å². The molecular weight excluding hydrogens is 204 g/mol. The number of aromatic carboxylic acids is 1. The molecule has 0 aliphatic heterocycles. The number of rotatable bonds is 4. The predicted molar refractivity (Wildman–Crippen MR) is 58.8 cm³/mol. The molecule has 0 saturated carbocycles. The minimum atomic E-state index is -0.869. The van der Waals surface area contributed by atoms with E-state index in [1.54, 1.807) is 11.4 Å². The minimum absolute atomic E-state index is 0.375. The Kier molecular flexibility index (Phi) is 4.05. The second kappa shape index (κ2) is 5.09. The molecule has 0 atom stereocenters. The van der Waals surface area contributed by atoms with Gasteiger partial charge in [0.25, 0.3) is 0 Å². The largest absolute Gasteiger partial charge is 0.478 e. The Hall–Kier alpha value is -0.740. The van der Waals surface area contributed by atoms with Crippen molar-refractivity contribution in [2.45, 2.75) is 6.42 Å². The summed E-state index contributed by atoms with van der Waals surface area (Å²) in [5.74, 6) is -0.0867. The molecule has 1 N–H and O–H groups in total. The molecule has 0 saturated heterocycles. The van der Waals surface area contributed by atoms with Crippen LogP contribution in [0, 0.1) is 0 Å². The van der Waals surface area contributed by atoms with Gasteiger partial charge in [0.15, 0.2) is 0 Å². The second-order valence-electron chi connectivity index (χ2n) is 2.42. The van der Waals surface area contributed by atoms with Gasteiger partial charge in [-0.2, -0.15) is 12.6 Å². The first-order valence-corrected chi connectivity index (χ1v) is 5.35. The molecule has 1 rings (SSSR count). The van der Waals surface area contributed by atoms with Gasteiger partial charge >= 0.3 is 5.97 Å². The number of carbonyl (C=O) groups is 1. The average molecular weight is 214 g/mol. The first-order valence-electron chi connectivity index (χ1n) is 3.84. The van der Waals surface area contributed by atoms with E-state index in [4.69, 9.17) is 5.11 Å². The molecule has 0 radical (unpaired) electrons. The fourth-order valence-corrected chi connectivity index (χ4v) is 1.85. The van der Waals surface area contributed by atoms with Gasteiger partial charge in [-0.25, -0.2) is 4.79 Å². The van der Waals surface area contributed by atoms with Crippen molar-refractivity contribution in [1.29, 1.82) is 0 Å². The van der Waals surface area contributed by atoms with Gasteiger partial charge in [0, 0.05) is 4.88 Å². The Labute approximate surface area is 86.3 Å². The van der Waals surface area contributed by atoms with E-state index in [0.717, 1.165) is 17.1 Å². The molecule has 70 valence electrons. The fraction of sp³-hybridized carbons (Fsp3) is 0.222. The number of hydrogen-bond donors (Lipinski definition) is 2. The van der Waals surface area contributed by atoms with Crippen molar-refractivity contribution in [2.75, 3.05) is 5.75 Å². The molecule has 0 amide bonds. The van der Waals surface area contributed by atoms with Crippen molar-refractivity contribution in [3.8, 4) is 0 Å². The third-order valence-corrected chi connectivity index (χ3v) is 2.63. The van der Waals surface area contributed by atoms with E-state index in [1.807, 2.05) is 12.2 Å². The molecular formula is C9H10O2S2. The van der Waals surface area contributed by atoms with Crippen molar-refractivity contribution < 1.29 is 9.90 Å². The van der Waals surface area contributed by atoms with Gasteiger partial charge in [-0.15, -0.1) is 11.3 Å². The van der Waals surface area contributed by atoms with Crippen LogP contribution in [0.5, 0.6) is 0 Å². The van der Waals surface area contributed by atoms with E-state index in [0.29, 0.717) is 5.56 Å². The van der Waals surface area contributed by atoms with Crippen LogP contribution in [0.2, 0.25) is 0 Å². The average Bonchev–Trinajstić information content (AvgIpc) is 2.53. The lowest BCUT2D eigenvalue weighted by molar-refractivity contribution is 0.0697. The van der Waals surface area contributed by atoms with E-state index < -0.39 is 5.97 Å². The molecule has 4 heteroatoms. The van der Waals surface area contributed by atoms with Crippen LogP contribution >= 0.6 is 24.0 Å². The number of allylic oxidation sites excluding steroid dienone is 1. The maximum absolute atomic E-state index is 10.7. The van der Waals surface area contributed by atoms with Crippen molar-refractivity contribution >= 4 is 36.0 Å². The van der Waals surface area contributed by atoms with Gasteiger partial charge in [-0.05, 0) is 29.7 Å². The normalized spacial score (nSPS) is 10.8. The maximum atomic E-state index is 10.7. The van der Waals surface area contributed by atoms with Crippen LogP contribution < -0.4 is 0 Å². The van der Waals surface area contributed by atoms with E-state index in [1.165, 1.54) is 11.3 Å². The zero-order valence-electron chi connectivity index (χ0n) is 6.93. The van der Waals surface area contributed by atoms with E-state index in [-0.39, 0.29) is 0 Å². The van der Waals surface area contributed by atoms with Crippen LogP contribution in [-0.2, 0) is 0 Å². The first kappa shape index (κ1) is 10.3. The maximum Gasteiger partial charge on any atom is 0.337 e. The van der Waals surface area contributed by atoms with Gasteiger partial charge in [0.1, 0.15) is 0 Å². The molecule has 0 bridgehead atoms. The lowest BCUT2D eigenvalue weighted by Gasteiger charge is -1.90. The molecule has 0 spiro atoms. The quantitative estimate of drug-likeness (QED) is 0.756. The number of thiol groups is 1. The van der Waals surface area contributed by atoms with Crippen molar-refractivity contribution in [1.82, 2.24) is 0 Å². The third kappa shape index (κ3) is 2.90. The standard InChI is InChI=1S/C9H10O2S2/c10-9(11)7-4-6-13-8(7)3-1-2-5-12/h1,3-4,6,12H,2,5H2,(H,10,11). The molecule has 0 aromatic carbocycles. The van der Waals surface area contributed by atoms with Crippen LogP contribution in [0.1, 0.15) is 21.7 Å². The van der Waals surface area contributed by atoms with Crippen molar-refractivity contribution in [3.05, 3.63) is 28.0 Å². The zero-order chi connectivity index (χ0) is 9.68. The van der Waals surface area contributed by atoms with Gasteiger partial charge in [0.05, 0.1) is 5.56 Å². The van der Waals surface area contributed by atoms with Gasteiger partial charge in [0.2, 0.25) is 0 Å². The summed E-state index contributed by atoms with van der Waals surface area (Å²) in [7, 11) is 0. The SMILES string of the molecule is O=C(O)c1ccsc1C=CCCS. The fourth-order valence-electron chi connectivity index (χ4n) is 0.892. The number of hydrogen-bond acceptors (Lipinski definition) is 3. The highest BCUT2D eigenvalue weighted by molar-refractivity contribution is 7.80. The summed E-state index contributed by atoms with van der Waals surface area (Å²) in [5, 5.41) is 10.6. The molecule has 0 unspecified atom stereocenters. The lowest BCUT2D eigenvalue weighted by atomic mass is 10.2. The molecule has 0 aliphatic rings. The van der Waals surface area contributed by atoms with Crippen LogP contribution in [-0.4, -0.2) is 16.8 Å². The highest BCUT2D eigenvalue weighted by Gasteiger charge is 2.07. The summed E-state index contributed by atoms with van der Waals surface area (Å²) in [4.78, 5) is 11.5. The lowest BCUT2D eigenvalue weighted by Crippen LogP contribution is -1.94. The first-order chi connectivity index (χ1) is 6.25. The zero-order valence-corrected chi connectivity index (χ0v) is 8.65. The predicted octanol–water partition coefficient (Wildman–Crippen LogP) is 2.78. The number of carboxylic acid groups (broad SMARTS) is 1. The Bertz CT molecular complexity index is 315. The van der Waals surface area contributed by atoms with Crippen molar-refractivity contribution in [2.24, 2.45) is 0 Å². The van der Waals surface area contributed by atoms with Gasteiger partial charge in [-0.3, -0.25) is 0 Å². The Morgan fingerprint density at radius 2 is 2.46 bits per heavy atom.